The van der Waals surface area contributed by atoms with Gasteiger partial charge in [-0.3, -0.25) is 9.78 Å². The molecule has 0 aliphatic heterocycles. The Labute approximate surface area is 182 Å². The maximum Gasteiger partial charge on any atom is 0.223 e. The summed E-state index contributed by atoms with van der Waals surface area (Å²) in [6.07, 6.45) is 3.46. The number of carbonyl (C=O) groups excluding carboxylic acids is 1. The Balaban J connectivity index is 1.76. The SMILES string of the molecule is CC(=O)Nc1nc2c(s1)-c1c(c(-c3ccc(C)nc3)nn1-c1ccccc1Cl)CC2. The van der Waals surface area contributed by atoms with Gasteiger partial charge in [-0.25, -0.2) is 9.67 Å². The van der Waals surface area contributed by atoms with Crippen molar-refractivity contribution >= 4 is 34.0 Å². The van der Waals surface area contributed by atoms with E-state index in [9.17, 15) is 4.79 Å². The number of carbonyl (C=O) groups is 1. The van der Waals surface area contributed by atoms with Gasteiger partial charge < -0.3 is 5.32 Å². The first-order valence-corrected chi connectivity index (χ1v) is 10.8. The molecule has 3 heterocycles. The normalized spacial score (nSPS) is 12.4. The van der Waals surface area contributed by atoms with E-state index in [1.807, 2.05) is 54.2 Å². The number of pyridine rings is 1. The highest BCUT2D eigenvalue weighted by Crippen LogP contribution is 2.44. The monoisotopic (exact) mass is 435 g/mol. The van der Waals surface area contributed by atoms with E-state index in [2.05, 4.69) is 15.3 Å². The molecule has 8 heteroatoms. The molecule has 3 aromatic heterocycles. The minimum atomic E-state index is -0.132. The van der Waals surface area contributed by atoms with Crippen LogP contribution >= 0.6 is 22.9 Å². The zero-order valence-electron chi connectivity index (χ0n) is 16.4. The molecule has 30 heavy (non-hydrogen) atoms. The lowest BCUT2D eigenvalue weighted by atomic mass is 9.95. The highest BCUT2D eigenvalue weighted by atomic mass is 35.5. The number of hydrogen-bond donors (Lipinski definition) is 1. The molecule has 0 saturated carbocycles. The molecule has 1 amide bonds. The van der Waals surface area contributed by atoms with Crippen LogP contribution < -0.4 is 5.32 Å². The Morgan fingerprint density at radius 3 is 2.77 bits per heavy atom. The molecule has 0 unspecified atom stereocenters. The van der Waals surface area contributed by atoms with Crippen molar-refractivity contribution in [2.75, 3.05) is 5.32 Å². The molecule has 1 aliphatic carbocycles. The number of hydrogen-bond acceptors (Lipinski definition) is 5. The van der Waals surface area contributed by atoms with Crippen molar-refractivity contribution in [1.29, 1.82) is 0 Å². The van der Waals surface area contributed by atoms with Gasteiger partial charge in [0.1, 0.15) is 0 Å². The molecule has 1 N–H and O–H groups in total. The third-order valence-electron chi connectivity index (χ3n) is 5.06. The van der Waals surface area contributed by atoms with Crippen LogP contribution in [0.1, 0.15) is 23.9 Å². The third-order valence-corrected chi connectivity index (χ3v) is 6.40. The fourth-order valence-corrected chi connectivity index (χ4v) is 5.04. The molecule has 0 fully saturated rings. The quantitative estimate of drug-likeness (QED) is 0.487. The molecular formula is C22H18ClN5OS. The van der Waals surface area contributed by atoms with Crippen LogP contribution in [0.4, 0.5) is 5.13 Å². The van der Waals surface area contributed by atoms with Crippen molar-refractivity contribution < 1.29 is 4.79 Å². The van der Waals surface area contributed by atoms with E-state index in [0.717, 1.165) is 57.3 Å². The van der Waals surface area contributed by atoms with Crippen LogP contribution in [0.5, 0.6) is 0 Å². The Hall–Kier alpha value is -3.03. The van der Waals surface area contributed by atoms with E-state index in [-0.39, 0.29) is 5.91 Å². The fourth-order valence-electron chi connectivity index (χ4n) is 3.71. The Bertz CT molecular complexity index is 1280. The van der Waals surface area contributed by atoms with Crippen LogP contribution in [0.25, 0.3) is 27.5 Å². The lowest BCUT2D eigenvalue weighted by Gasteiger charge is -2.14. The number of nitrogens with zero attached hydrogens (tertiary/aromatic N) is 4. The minimum absolute atomic E-state index is 0.132. The second kappa shape index (κ2) is 7.34. The predicted octanol–water partition coefficient (Wildman–Crippen LogP) is 5.08. The van der Waals surface area contributed by atoms with E-state index in [4.69, 9.17) is 16.7 Å². The average molecular weight is 436 g/mol. The number of rotatable bonds is 3. The molecule has 0 bridgehead atoms. The number of anilines is 1. The number of benzene rings is 1. The summed E-state index contributed by atoms with van der Waals surface area (Å²) < 4.78 is 1.90. The summed E-state index contributed by atoms with van der Waals surface area (Å²) >= 11 is 8.01. The maximum atomic E-state index is 11.5. The van der Waals surface area contributed by atoms with Crippen LogP contribution in [0.3, 0.4) is 0 Å². The molecule has 6 nitrogen and oxygen atoms in total. The van der Waals surface area contributed by atoms with Crippen LogP contribution in [0, 0.1) is 6.92 Å². The van der Waals surface area contributed by atoms with Crippen molar-refractivity contribution in [3.63, 3.8) is 0 Å². The standard InChI is InChI=1S/C22H18ClN5OS/c1-12-7-8-14(11-24-12)19-15-9-10-17-21(30-22(26-17)25-13(2)29)20(15)28(27-19)18-6-4-3-5-16(18)23/h3-8,11H,9-10H2,1-2H3,(H,25,26,29). The molecule has 1 aliphatic rings. The maximum absolute atomic E-state index is 11.5. The Kier molecular flexibility index (Phi) is 4.64. The second-order valence-electron chi connectivity index (χ2n) is 7.20. The first-order valence-electron chi connectivity index (χ1n) is 9.59. The van der Waals surface area contributed by atoms with E-state index in [1.165, 1.54) is 18.3 Å². The van der Waals surface area contributed by atoms with Crippen molar-refractivity contribution in [2.24, 2.45) is 0 Å². The molecule has 150 valence electrons. The molecule has 0 radical (unpaired) electrons. The summed E-state index contributed by atoms with van der Waals surface area (Å²) in [6.45, 7) is 3.46. The Morgan fingerprint density at radius 2 is 2.03 bits per heavy atom. The number of nitrogens with one attached hydrogen (secondary N) is 1. The highest BCUT2D eigenvalue weighted by molar-refractivity contribution is 7.19. The van der Waals surface area contributed by atoms with Crippen LogP contribution in [-0.2, 0) is 17.6 Å². The molecule has 5 rings (SSSR count). The summed E-state index contributed by atoms with van der Waals surface area (Å²) in [7, 11) is 0. The summed E-state index contributed by atoms with van der Waals surface area (Å²) in [5, 5.41) is 9.01. The topological polar surface area (TPSA) is 72.7 Å². The van der Waals surface area contributed by atoms with Gasteiger partial charge in [0, 0.05) is 29.9 Å². The average Bonchev–Trinajstić information content (AvgIpc) is 3.29. The van der Waals surface area contributed by atoms with E-state index < -0.39 is 0 Å². The zero-order chi connectivity index (χ0) is 20.8. The van der Waals surface area contributed by atoms with Gasteiger partial charge in [-0.15, -0.1) is 0 Å². The van der Waals surface area contributed by atoms with Gasteiger partial charge in [0.15, 0.2) is 5.13 Å². The molecule has 0 saturated heterocycles. The van der Waals surface area contributed by atoms with Gasteiger partial charge in [0.25, 0.3) is 0 Å². The van der Waals surface area contributed by atoms with Crippen LogP contribution in [0.2, 0.25) is 5.02 Å². The van der Waals surface area contributed by atoms with Gasteiger partial charge in [-0.1, -0.05) is 35.1 Å². The number of aryl methyl sites for hydroxylation is 2. The predicted molar refractivity (Wildman–Crippen MR) is 119 cm³/mol. The molecule has 4 aromatic rings. The van der Waals surface area contributed by atoms with Gasteiger partial charge in [-0.05, 0) is 44.0 Å². The zero-order valence-corrected chi connectivity index (χ0v) is 18.0. The smallest absolute Gasteiger partial charge is 0.223 e. The largest absolute Gasteiger partial charge is 0.302 e. The van der Waals surface area contributed by atoms with Crippen molar-refractivity contribution in [2.45, 2.75) is 26.7 Å². The molecule has 0 spiro atoms. The van der Waals surface area contributed by atoms with E-state index >= 15 is 0 Å². The van der Waals surface area contributed by atoms with E-state index in [0.29, 0.717) is 10.2 Å². The number of thiazole rings is 1. The third kappa shape index (κ3) is 3.20. The van der Waals surface area contributed by atoms with Gasteiger partial charge >= 0.3 is 0 Å². The Morgan fingerprint density at radius 1 is 1.20 bits per heavy atom. The molecular weight excluding hydrogens is 418 g/mol. The first kappa shape index (κ1) is 19.0. The van der Waals surface area contributed by atoms with Gasteiger partial charge in [0.05, 0.1) is 32.7 Å². The van der Waals surface area contributed by atoms with Crippen molar-refractivity contribution in [3.05, 3.63) is 64.6 Å². The lowest BCUT2D eigenvalue weighted by molar-refractivity contribution is -0.114. The summed E-state index contributed by atoms with van der Waals surface area (Å²) in [6, 6.07) is 11.7. The number of aromatic nitrogens is 4. The van der Waals surface area contributed by atoms with Crippen LogP contribution in [0.15, 0.2) is 42.6 Å². The van der Waals surface area contributed by atoms with Crippen molar-refractivity contribution in [1.82, 2.24) is 19.7 Å². The summed E-state index contributed by atoms with van der Waals surface area (Å²) in [5.41, 5.74) is 6.74. The van der Waals surface area contributed by atoms with Crippen LogP contribution in [-0.4, -0.2) is 25.7 Å². The van der Waals surface area contributed by atoms with Gasteiger partial charge in [-0.2, -0.15) is 5.10 Å². The van der Waals surface area contributed by atoms with Gasteiger partial charge in [0.2, 0.25) is 5.91 Å². The lowest BCUT2D eigenvalue weighted by Crippen LogP contribution is -2.07. The second-order valence-corrected chi connectivity index (χ2v) is 8.61. The number of halogens is 1. The summed E-state index contributed by atoms with van der Waals surface area (Å²) in [5.74, 6) is -0.132. The van der Waals surface area contributed by atoms with Crippen molar-refractivity contribution in [3.8, 4) is 27.5 Å². The minimum Gasteiger partial charge on any atom is -0.302 e. The summed E-state index contributed by atoms with van der Waals surface area (Å²) in [4.78, 5) is 21.6. The molecule has 0 atom stereocenters. The number of amides is 1. The first-order chi connectivity index (χ1) is 14.5. The van der Waals surface area contributed by atoms with E-state index in [1.54, 1.807) is 0 Å². The number of para-hydroxylation sites is 1. The highest BCUT2D eigenvalue weighted by Gasteiger charge is 2.30. The molecule has 1 aromatic carbocycles. The fraction of sp³-hybridized carbons (Fsp3) is 0.182. The number of fused-ring (bicyclic) bond motifs is 3.